The molecule has 1 spiro atoms. The number of alkyl halides is 3. The lowest BCUT2D eigenvalue weighted by Crippen LogP contribution is -2.38. The number of aryl methyl sites for hydroxylation is 3. The Kier molecular flexibility index (Phi) is 7.59. The van der Waals surface area contributed by atoms with Crippen molar-refractivity contribution >= 4 is 21.6 Å². The van der Waals surface area contributed by atoms with Crippen molar-refractivity contribution in [3.63, 3.8) is 0 Å². The smallest absolute Gasteiger partial charge is 0.452 e. The van der Waals surface area contributed by atoms with E-state index in [0.29, 0.717) is 46.4 Å². The van der Waals surface area contributed by atoms with Crippen molar-refractivity contribution in [3.05, 3.63) is 76.1 Å². The summed E-state index contributed by atoms with van der Waals surface area (Å²) in [6.07, 6.45) is 0.924. The highest BCUT2D eigenvalue weighted by Gasteiger charge is 2.52. The van der Waals surface area contributed by atoms with Crippen LogP contribution in [0, 0.1) is 20.8 Å². The van der Waals surface area contributed by atoms with Crippen molar-refractivity contribution < 1.29 is 35.9 Å². The predicted octanol–water partition coefficient (Wildman–Crippen LogP) is 4.66. The molecule has 1 aliphatic heterocycles. The van der Waals surface area contributed by atoms with Crippen molar-refractivity contribution in [1.29, 1.82) is 0 Å². The van der Waals surface area contributed by atoms with E-state index in [9.17, 15) is 26.4 Å². The van der Waals surface area contributed by atoms with Gasteiger partial charge in [-0.2, -0.15) is 17.5 Å². The van der Waals surface area contributed by atoms with E-state index in [1.54, 1.807) is 52.2 Å². The van der Waals surface area contributed by atoms with E-state index in [1.165, 1.54) is 16.6 Å². The summed E-state index contributed by atoms with van der Waals surface area (Å²) in [7, 11) is -4.01. The van der Waals surface area contributed by atoms with Crippen molar-refractivity contribution in [2.24, 2.45) is 0 Å². The van der Waals surface area contributed by atoms with E-state index in [4.69, 9.17) is 9.47 Å². The van der Waals surface area contributed by atoms with Gasteiger partial charge in [-0.15, -0.1) is 10.2 Å². The number of hydrogen-bond acceptors (Lipinski definition) is 9. The van der Waals surface area contributed by atoms with E-state index in [2.05, 4.69) is 20.2 Å². The number of hydrogen-bond donors (Lipinski definition) is 0. The van der Waals surface area contributed by atoms with Crippen LogP contribution in [-0.4, -0.2) is 62.0 Å². The van der Waals surface area contributed by atoms with Gasteiger partial charge in [0.25, 0.3) is 0 Å². The number of ether oxygens (including phenoxy) is 2. The number of sulfonamides is 1. The van der Waals surface area contributed by atoms with Gasteiger partial charge in [0, 0.05) is 36.7 Å². The fraction of sp³-hybridized carbons (Fsp3) is 0.433. The summed E-state index contributed by atoms with van der Waals surface area (Å²) in [5.74, 6) is -2.26. The van der Waals surface area contributed by atoms with Crippen molar-refractivity contribution in [3.8, 4) is 5.88 Å². The van der Waals surface area contributed by atoms with E-state index in [0.717, 1.165) is 4.40 Å². The lowest BCUT2D eigenvalue weighted by molar-refractivity contribution is -0.145. The maximum Gasteiger partial charge on any atom is 0.452 e. The number of aromatic nitrogens is 5. The maximum absolute atomic E-state index is 13.9. The van der Waals surface area contributed by atoms with Gasteiger partial charge in [-0.1, -0.05) is 6.07 Å². The van der Waals surface area contributed by atoms with Crippen molar-refractivity contribution in [2.45, 2.75) is 76.1 Å². The Balaban J connectivity index is 1.41. The Morgan fingerprint density at radius 2 is 1.89 bits per heavy atom. The van der Waals surface area contributed by atoms with Crippen LogP contribution in [0.25, 0.3) is 5.65 Å². The summed E-state index contributed by atoms with van der Waals surface area (Å²) in [5.41, 5.74) is 2.71. The minimum atomic E-state index is -4.71. The second kappa shape index (κ2) is 11.1. The van der Waals surface area contributed by atoms with Crippen LogP contribution in [-0.2, 0) is 32.3 Å². The molecule has 15 heteroatoms. The highest BCUT2D eigenvalue weighted by Crippen LogP contribution is 2.46. The van der Waals surface area contributed by atoms with Crippen LogP contribution in [0.3, 0.4) is 0 Å². The molecule has 2 aliphatic rings. The molecule has 0 N–H and O–H groups in total. The molecule has 1 fully saturated rings. The topological polar surface area (TPSA) is 129 Å². The molecule has 6 rings (SSSR count). The number of pyridine rings is 3. The zero-order valence-electron chi connectivity index (χ0n) is 25.1. The van der Waals surface area contributed by atoms with Gasteiger partial charge in [0.2, 0.25) is 21.7 Å². The quantitative estimate of drug-likeness (QED) is 0.264. The molecule has 5 heterocycles. The first-order valence-corrected chi connectivity index (χ1v) is 15.8. The number of nitrogens with zero attached hydrogens (tertiary/aromatic N) is 6. The number of halogens is 3. The molecule has 0 bridgehead atoms. The third kappa shape index (κ3) is 5.74. The normalized spacial score (nSPS) is 17.8. The average molecular weight is 645 g/mol. The Morgan fingerprint density at radius 3 is 2.58 bits per heavy atom. The Labute approximate surface area is 257 Å². The number of fused-ring (bicyclic) bond motifs is 2. The van der Waals surface area contributed by atoms with Gasteiger partial charge in [0.1, 0.15) is 10.5 Å². The SMILES string of the molecule is CCOC(=O)C[C@@H](c1cnc(C)c(CN2CC3(CC3)Oc3ncc(C)cc3S2(=O)=O)c1)c1ccn2c(C(F)(F)F)nnc2c1C. The number of esters is 1. The molecule has 0 aromatic carbocycles. The molecular formula is C30H31F3N6O5S. The van der Waals surface area contributed by atoms with Gasteiger partial charge < -0.3 is 9.47 Å². The van der Waals surface area contributed by atoms with Gasteiger partial charge in [0.05, 0.1) is 19.6 Å². The zero-order valence-corrected chi connectivity index (χ0v) is 25.9. The first-order chi connectivity index (χ1) is 21.2. The van der Waals surface area contributed by atoms with E-state index in [-0.39, 0.29) is 42.5 Å². The number of carbonyl (C=O) groups is 1. The monoisotopic (exact) mass is 644 g/mol. The highest BCUT2D eigenvalue weighted by molar-refractivity contribution is 7.89. The molecule has 4 aromatic heterocycles. The minimum absolute atomic E-state index is 0.00179. The van der Waals surface area contributed by atoms with Crippen LogP contribution in [0.4, 0.5) is 13.2 Å². The van der Waals surface area contributed by atoms with Gasteiger partial charge in [0.15, 0.2) is 5.65 Å². The summed E-state index contributed by atoms with van der Waals surface area (Å²) >= 11 is 0. The highest BCUT2D eigenvalue weighted by atomic mass is 32.2. The second-order valence-corrected chi connectivity index (χ2v) is 13.5. The van der Waals surface area contributed by atoms with E-state index >= 15 is 0 Å². The van der Waals surface area contributed by atoms with E-state index in [1.807, 2.05) is 0 Å². The zero-order chi connectivity index (χ0) is 32.3. The predicted molar refractivity (Wildman–Crippen MR) is 154 cm³/mol. The largest absolute Gasteiger partial charge is 0.469 e. The first kappa shape index (κ1) is 30.9. The lowest BCUT2D eigenvalue weighted by Gasteiger charge is -2.25. The van der Waals surface area contributed by atoms with Crippen LogP contribution in [0.15, 0.2) is 41.7 Å². The Bertz CT molecular complexity index is 1920. The van der Waals surface area contributed by atoms with Gasteiger partial charge in [-0.05, 0) is 80.5 Å². The number of rotatable bonds is 7. The van der Waals surface area contributed by atoms with E-state index < -0.39 is 39.5 Å². The molecule has 1 atom stereocenters. The van der Waals surface area contributed by atoms with Gasteiger partial charge >= 0.3 is 12.1 Å². The summed E-state index contributed by atoms with van der Waals surface area (Å²) in [6.45, 7) is 7.08. The molecular weight excluding hydrogens is 613 g/mol. The lowest BCUT2D eigenvalue weighted by atomic mass is 9.86. The second-order valence-electron chi connectivity index (χ2n) is 11.6. The fourth-order valence-corrected chi connectivity index (χ4v) is 7.36. The first-order valence-electron chi connectivity index (χ1n) is 14.4. The summed E-state index contributed by atoms with van der Waals surface area (Å²) in [6, 6.07) is 4.84. The minimum Gasteiger partial charge on any atom is -0.469 e. The number of carbonyl (C=O) groups excluding carboxylic acids is 1. The van der Waals surface area contributed by atoms with Gasteiger partial charge in [-0.3, -0.25) is 14.2 Å². The Hall–Kier alpha value is -4.11. The van der Waals surface area contributed by atoms with Crippen LogP contribution in [0.1, 0.15) is 71.4 Å². The van der Waals surface area contributed by atoms with Crippen molar-refractivity contribution in [2.75, 3.05) is 13.2 Å². The van der Waals surface area contributed by atoms with Crippen molar-refractivity contribution in [1.82, 2.24) is 28.9 Å². The summed E-state index contributed by atoms with van der Waals surface area (Å²) in [4.78, 5) is 21.6. The molecule has 0 amide bonds. The van der Waals surface area contributed by atoms with Crippen LogP contribution >= 0.6 is 0 Å². The third-order valence-corrected chi connectivity index (χ3v) is 10.1. The molecule has 0 radical (unpaired) electrons. The molecule has 1 saturated carbocycles. The van der Waals surface area contributed by atoms with Crippen LogP contribution in [0.5, 0.6) is 5.88 Å². The standard InChI is InChI=1S/C30H31F3N6O5S/c1-5-43-25(40)12-23(22-6-9-39-26(18(22)3)36-37-28(39)30(31,32)33)20-11-21(19(4)34-14-20)15-38-16-29(7-8-29)44-27-24(45(38,41)42)10-17(2)13-35-27/h6,9-11,13-14,23H,5,7-8,12,15-16H2,1-4H3/t23-/m0/s1. The maximum atomic E-state index is 13.9. The molecule has 0 saturated heterocycles. The molecule has 45 heavy (non-hydrogen) atoms. The summed E-state index contributed by atoms with van der Waals surface area (Å²) < 4.78 is 82.0. The third-order valence-electron chi connectivity index (χ3n) is 8.29. The molecule has 1 aliphatic carbocycles. The molecule has 238 valence electrons. The average Bonchev–Trinajstić information content (AvgIpc) is 3.58. The molecule has 4 aromatic rings. The van der Waals surface area contributed by atoms with Crippen LogP contribution < -0.4 is 4.74 Å². The molecule has 0 unspecified atom stereocenters. The summed E-state index contributed by atoms with van der Waals surface area (Å²) in [5, 5.41) is 7.13. The Morgan fingerprint density at radius 1 is 1.13 bits per heavy atom. The van der Waals surface area contributed by atoms with Gasteiger partial charge in [-0.25, -0.2) is 13.4 Å². The van der Waals surface area contributed by atoms with Crippen LogP contribution in [0.2, 0.25) is 0 Å². The fourth-order valence-electron chi connectivity index (χ4n) is 5.71. The molecule has 11 nitrogen and oxygen atoms in total.